The van der Waals surface area contributed by atoms with E-state index in [1.807, 2.05) is 0 Å². The van der Waals surface area contributed by atoms with Gasteiger partial charge < -0.3 is 9.84 Å². The van der Waals surface area contributed by atoms with E-state index in [0.29, 0.717) is 4.47 Å². The van der Waals surface area contributed by atoms with Crippen molar-refractivity contribution in [3.8, 4) is 11.5 Å². The van der Waals surface area contributed by atoms with E-state index in [1.165, 1.54) is 36.4 Å². The van der Waals surface area contributed by atoms with Crippen molar-refractivity contribution in [1.82, 2.24) is 0 Å². The standard InChI is InChI=1S/C13H7BrClNO5/c14-8-2-3-10(16(19)20)12(6-8)21-11-4-1-7(13(17)18)5-9(11)15/h1-6H,(H,17,18). The molecule has 0 spiro atoms. The maximum Gasteiger partial charge on any atom is 0.335 e. The van der Waals surface area contributed by atoms with Crippen molar-refractivity contribution in [3.63, 3.8) is 0 Å². The van der Waals surface area contributed by atoms with E-state index in [-0.39, 0.29) is 27.8 Å². The van der Waals surface area contributed by atoms with Crippen LogP contribution in [0.5, 0.6) is 11.5 Å². The number of nitro groups is 1. The highest BCUT2D eigenvalue weighted by Gasteiger charge is 2.17. The van der Waals surface area contributed by atoms with Crippen LogP contribution in [0.3, 0.4) is 0 Å². The fourth-order valence-corrected chi connectivity index (χ4v) is 2.11. The zero-order valence-corrected chi connectivity index (χ0v) is 12.6. The average molecular weight is 373 g/mol. The van der Waals surface area contributed by atoms with Gasteiger partial charge in [-0.1, -0.05) is 27.5 Å². The van der Waals surface area contributed by atoms with Crippen molar-refractivity contribution in [2.24, 2.45) is 0 Å². The van der Waals surface area contributed by atoms with Gasteiger partial charge >= 0.3 is 11.7 Å². The lowest BCUT2D eigenvalue weighted by Crippen LogP contribution is -1.97. The Labute approximate surface area is 132 Å². The second-order valence-electron chi connectivity index (χ2n) is 3.92. The number of hydrogen-bond acceptors (Lipinski definition) is 4. The molecule has 108 valence electrons. The van der Waals surface area contributed by atoms with E-state index in [9.17, 15) is 14.9 Å². The quantitative estimate of drug-likeness (QED) is 0.630. The molecule has 21 heavy (non-hydrogen) atoms. The summed E-state index contributed by atoms with van der Waals surface area (Å²) in [6.45, 7) is 0. The number of hydrogen-bond donors (Lipinski definition) is 1. The minimum atomic E-state index is -1.13. The van der Waals surface area contributed by atoms with Crippen LogP contribution in [-0.4, -0.2) is 16.0 Å². The summed E-state index contributed by atoms with van der Waals surface area (Å²) in [6, 6.07) is 8.09. The van der Waals surface area contributed by atoms with Gasteiger partial charge in [0.2, 0.25) is 5.75 Å². The summed E-state index contributed by atoms with van der Waals surface area (Å²) in [4.78, 5) is 21.2. The molecule has 0 fully saturated rings. The number of aromatic carboxylic acids is 1. The molecule has 0 radical (unpaired) electrons. The lowest BCUT2D eigenvalue weighted by molar-refractivity contribution is -0.385. The Morgan fingerprint density at radius 3 is 2.52 bits per heavy atom. The van der Waals surface area contributed by atoms with Gasteiger partial charge in [0.15, 0.2) is 0 Å². The van der Waals surface area contributed by atoms with Crippen molar-refractivity contribution in [2.45, 2.75) is 0 Å². The van der Waals surface area contributed by atoms with E-state index in [0.717, 1.165) is 0 Å². The summed E-state index contributed by atoms with van der Waals surface area (Å²) in [5.74, 6) is -1.00. The largest absolute Gasteiger partial charge is 0.478 e. The minimum absolute atomic E-state index is 0.000602. The van der Waals surface area contributed by atoms with Crippen LogP contribution in [0.2, 0.25) is 5.02 Å². The minimum Gasteiger partial charge on any atom is -0.478 e. The van der Waals surface area contributed by atoms with E-state index >= 15 is 0 Å². The molecule has 2 rings (SSSR count). The molecule has 0 aliphatic heterocycles. The molecule has 0 amide bonds. The number of rotatable bonds is 4. The smallest absolute Gasteiger partial charge is 0.335 e. The summed E-state index contributed by atoms with van der Waals surface area (Å²) in [6.07, 6.45) is 0. The molecule has 1 N–H and O–H groups in total. The number of halogens is 2. The van der Waals surface area contributed by atoms with Gasteiger partial charge in [0.05, 0.1) is 15.5 Å². The van der Waals surface area contributed by atoms with Crippen molar-refractivity contribution >= 4 is 39.2 Å². The van der Waals surface area contributed by atoms with Gasteiger partial charge in [0.25, 0.3) is 0 Å². The molecule has 0 aliphatic carbocycles. The molecule has 0 unspecified atom stereocenters. The normalized spacial score (nSPS) is 10.2. The highest BCUT2D eigenvalue weighted by Crippen LogP contribution is 2.36. The Balaban J connectivity index is 2.40. The number of nitro benzene ring substituents is 1. The molecule has 6 nitrogen and oxygen atoms in total. The molecule has 2 aromatic carbocycles. The third-order valence-corrected chi connectivity index (χ3v) is 3.31. The SMILES string of the molecule is O=C(O)c1ccc(Oc2cc(Br)ccc2[N+](=O)[O-])c(Cl)c1. The average Bonchev–Trinajstić information content (AvgIpc) is 2.40. The van der Waals surface area contributed by atoms with Crippen molar-refractivity contribution in [1.29, 1.82) is 0 Å². The van der Waals surface area contributed by atoms with Gasteiger partial charge in [0, 0.05) is 16.6 Å². The van der Waals surface area contributed by atoms with Crippen molar-refractivity contribution in [3.05, 3.63) is 61.6 Å². The first-order valence-electron chi connectivity index (χ1n) is 5.53. The van der Waals surface area contributed by atoms with Crippen LogP contribution < -0.4 is 4.74 Å². The summed E-state index contributed by atoms with van der Waals surface area (Å²) >= 11 is 9.12. The Bertz CT molecular complexity index is 734. The molecule has 0 aliphatic rings. The van der Waals surface area contributed by atoms with Gasteiger partial charge in [-0.3, -0.25) is 10.1 Å². The molecule has 0 heterocycles. The maximum absolute atomic E-state index is 11.0. The topological polar surface area (TPSA) is 89.7 Å². The summed E-state index contributed by atoms with van der Waals surface area (Å²) in [5.41, 5.74) is -0.229. The first-order valence-corrected chi connectivity index (χ1v) is 6.70. The second-order valence-corrected chi connectivity index (χ2v) is 5.24. The highest BCUT2D eigenvalue weighted by molar-refractivity contribution is 9.10. The molecular formula is C13H7BrClNO5. The third kappa shape index (κ3) is 3.50. The Morgan fingerprint density at radius 2 is 1.95 bits per heavy atom. The summed E-state index contributed by atoms with van der Waals surface area (Å²) in [7, 11) is 0. The fraction of sp³-hybridized carbons (Fsp3) is 0. The van der Waals surface area contributed by atoms with Crippen LogP contribution in [0, 0.1) is 10.1 Å². The zero-order valence-electron chi connectivity index (χ0n) is 10.2. The molecular weight excluding hydrogens is 366 g/mol. The maximum atomic E-state index is 11.0. The van der Waals surface area contributed by atoms with Crippen LogP contribution >= 0.6 is 27.5 Å². The summed E-state index contributed by atoms with van der Waals surface area (Å²) < 4.78 is 6.02. The highest BCUT2D eigenvalue weighted by atomic mass is 79.9. The first kappa shape index (κ1) is 15.3. The molecule has 0 saturated heterocycles. The van der Waals surface area contributed by atoms with Crippen molar-refractivity contribution in [2.75, 3.05) is 0 Å². The number of carboxylic acids is 1. The first-order chi connectivity index (χ1) is 9.88. The van der Waals surface area contributed by atoms with Crippen LogP contribution in [0.25, 0.3) is 0 Å². The van der Waals surface area contributed by atoms with Crippen LogP contribution in [0.15, 0.2) is 40.9 Å². The number of ether oxygens (including phenoxy) is 1. The zero-order chi connectivity index (χ0) is 15.6. The van der Waals surface area contributed by atoms with Crippen molar-refractivity contribution < 1.29 is 19.6 Å². The van der Waals surface area contributed by atoms with E-state index in [4.69, 9.17) is 21.4 Å². The molecule has 0 atom stereocenters. The van der Waals surface area contributed by atoms with Gasteiger partial charge in [-0.15, -0.1) is 0 Å². The van der Waals surface area contributed by atoms with Gasteiger partial charge in [0.1, 0.15) is 5.75 Å². The number of nitrogens with zero attached hydrogens (tertiary/aromatic N) is 1. The Kier molecular flexibility index (Phi) is 4.44. The Morgan fingerprint density at radius 1 is 1.24 bits per heavy atom. The van der Waals surface area contributed by atoms with Crippen LogP contribution in [0.4, 0.5) is 5.69 Å². The lowest BCUT2D eigenvalue weighted by atomic mass is 10.2. The van der Waals surface area contributed by atoms with Crippen LogP contribution in [0.1, 0.15) is 10.4 Å². The van der Waals surface area contributed by atoms with E-state index < -0.39 is 10.9 Å². The lowest BCUT2D eigenvalue weighted by Gasteiger charge is -2.09. The summed E-state index contributed by atoms with van der Waals surface area (Å²) in [5, 5.41) is 19.8. The molecule has 0 bridgehead atoms. The van der Waals surface area contributed by atoms with Gasteiger partial charge in [-0.05, 0) is 24.3 Å². The number of benzene rings is 2. The predicted molar refractivity (Wildman–Crippen MR) is 79.3 cm³/mol. The van der Waals surface area contributed by atoms with Gasteiger partial charge in [-0.25, -0.2) is 4.79 Å². The van der Waals surface area contributed by atoms with Crippen LogP contribution in [-0.2, 0) is 0 Å². The molecule has 0 saturated carbocycles. The second kappa shape index (κ2) is 6.11. The van der Waals surface area contributed by atoms with E-state index in [2.05, 4.69) is 15.9 Å². The predicted octanol–water partition coefficient (Wildman–Crippen LogP) is 4.50. The fourth-order valence-electron chi connectivity index (χ4n) is 1.56. The van der Waals surface area contributed by atoms with Gasteiger partial charge in [-0.2, -0.15) is 0 Å². The Hall–Kier alpha value is -2.12. The number of carbonyl (C=O) groups is 1. The van der Waals surface area contributed by atoms with E-state index in [1.54, 1.807) is 0 Å². The monoisotopic (exact) mass is 371 g/mol. The third-order valence-electron chi connectivity index (χ3n) is 2.52. The number of carboxylic acid groups (broad SMARTS) is 1. The molecule has 8 heteroatoms. The molecule has 2 aromatic rings. The molecule has 0 aromatic heterocycles.